The van der Waals surface area contributed by atoms with E-state index in [4.69, 9.17) is 0 Å². The van der Waals surface area contributed by atoms with Gasteiger partial charge in [0.05, 0.1) is 26.9 Å². The molecule has 1 fully saturated rings. The van der Waals surface area contributed by atoms with Crippen LogP contribution in [-0.2, 0) is 10.0 Å². The van der Waals surface area contributed by atoms with E-state index in [1.54, 1.807) is 0 Å². The van der Waals surface area contributed by atoms with Crippen molar-refractivity contribution >= 4 is 33.0 Å². The second-order valence-corrected chi connectivity index (χ2v) is 11.8. The summed E-state index contributed by atoms with van der Waals surface area (Å²) in [7, 11) is -3.83. The first kappa shape index (κ1) is 29.5. The van der Waals surface area contributed by atoms with Gasteiger partial charge >= 0.3 is 0 Å². The third-order valence-corrected chi connectivity index (χ3v) is 9.17. The lowest BCUT2D eigenvalue weighted by molar-refractivity contribution is -0.394. The fourth-order valence-corrected chi connectivity index (χ4v) is 6.54. The summed E-state index contributed by atoms with van der Waals surface area (Å²) in [4.78, 5) is 35.7. The van der Waals surface area contributed by atoms with Crippen LogP contribution in [0.3, 0.4) is 0 Å². The molecule has 1 amide bonds. The van der Waals surface area contributed by atoms with Crippen molar-refractivity contribution in [3.8, 4) is 0 Å². The Labute approximate surface area is 247 Å². The predicted molar refractivity (Wildman–Crippen MR) is 159 cm³/mol. The lowest BCUT2D eigenvalue weighted by Gasteiger charge is -2.39. The van der Waals surface area contributed by atoms with Crippen molar-refractivity contribution in [3.63, 3.8) is 0 Å². The van der Waals surface area contributed by atoms with Crippen molar-refractivity contribution in [1.29, 1.82) is 0 Å². The van der Waals surface area contributed by atoms with Crippen LogP contribution in [0.2, 0.25) is 0 Å². The maximum Gasteiger partial charge on any atom is 0.289 e. The molecule has 5 rings (SSSR count). The number of amides is 1. The van der Waals surface area contributed by atoms with Gasteiger partial charge in [0.1, 0.15) is 5.56 Å². The molecule has 0 radical (unpaired) electrons. The maximum atomic E-state index is 13.5. The highest BCUT2D eigenvalue weighted by Crippen LogP contribution is 2.31. The summed E-state index contributed by atoms with van der Waals surface area (Å²) in [5.41, 5.74) is 0.856. The van der Waals surface area contributed by atoms with Gasteiger partial charge in [-0.2, -0.15) is 4.31 Å². The minimum Gasteiger partial charge on any atom is -0.322 e. The van der Waals surface area contributed by atoms with E-state index in [1.807, 2.05) is 36.4 Å². The molecule has 1 aliphatic rings. The number of benzene rings is 4. The monoisotopic (exact) mass is 601 g/mol. The first-order valence-electron chi connectivity index (χ1n) is 13.3. The molecule has 1 N–H and O–H groups in total. The van der Waals surface area contributed by atoms with E-state index in [1.165, 1.54) is 28.6 Å². The highest BCUT2D eigenvalue weighted by atomic mass is 32.2. The van der Waals surface area contributed by atoms with Crippen LogP contribution in [0, 0.1) is 20.2 Å². The third-order valence-electron chi connectivity index (χ3n) is 7.25. The van der Waals surface area contributed by atoms with Gasteiger partial charge in [-0.25, -0.2) is 8.42 Å². The Bertz CT molecular complexity index is 1700. The summed E-state index contributed by atoms with van der Waals surface area (Å²) in [5.74, 6) is -0.861. The fourth-order valence-electron chi connectivity index (χ4n) is 5.12. The van der Waals surface area contributed by atoms with Crippen LogP contribution in [-0.4, -0.2) is 59.6 Å². The number of rotatable bonds is 9. The quantitative estimate of drug-likeness (QED) is 0.211. The highest BCUT2D eigenvalue weighted by Gasteiger charge is 2.32. The third kappa shape index (κ3) is 6.43. The van der Waals surface area contributed by atoms with E-state index in [2.05, 4.69) is 34.5 Å². The molecular weight excluding hydrogens is 574 g/mol. The van der Waals surface area contributed by atoms with Crippen LogP contribution in [0.25, 0.3) is 0 Å². The van der Waals surface area contributed by atoms with Gasteiger partial charge in [-0.15, -0.1) is 0 Å². The maximum absolute atomic E-state index is 13.5. The van der Waals surface area contributed by atoms with E-state index in [0.717, 1.165) is 23.3 Å². The van der Waals surface area contributed by atoms with E-state index < -0.39 is 37.2 Å². The summed E-state index contributed by atoms with van der Waals surface area (Å²) < 4.78 is 28.3. The number of anilines is 1. The Balaban J connectivity index is 1.27. The number of carbonyl (C=O) groups is 1. The number of nitrogens with one attached hydrogen (secondary N) is 1. The zero-order chi connectivity index (χ0) is 30.6. The van der Waals surface area contributed by atoms with Gasteiger partial charge in [-0.3, -0.25) is 29.9 Å². The number of hydrogen-bond donors (Lipinski definition) is 1. The lowest BCUT2D eigenvalue weighted by Crippen LogP contribution is -2.49. The van der Waals surface area contributed by atoms with Gasteiger partial charge < -0.3 is 5.32 Å². The van der Waals surface area contributed by atoms with Crippen LogP contribution in [0.4, 0.5) is 17.1 Å². The Hall–Kier alpha value is -4.98. The van der Waals surface area contributed by atoms with Crippen molar-refractivity contribution in [2.45, 2.75) is 10.9 Å². The Kier molecular flexibility index (Phi) is 8.57. The fraction of sp³-hybridized carbons (Fsp3) is 0.167. The molecule has 0 spiro atoms. The minimum atomic E-state index is -3.83. The molecule has 4 aromatic rings. The Morgan fingerprint density at radius 1 is 0.744 bits per heavy atom. The summed E-state index contributed by atoms with van der Waals surface area (Å²) in [6.07, 6.45) is 0. The van der Waals surface area contributed by atoms with Crippen LogP contribution in [0.15, 0.2) is 108 Å². The average molecular weight is 602 g/mol. The number of non-ortho nitro benzene ring substituents is 1. The van der Waals surface area contributed by atoms with E-state index in [-0.39, 0.29) is 22.2 Å². The standard InChI is InChI=1S/C30H27N5O7S/c36-30(27-16-13-25(34(37)38)21-28(27)35(39)40)31-24-11-14-26(15-12-24)43(41,42)33-19-17-32(18-20-33)29(22-7-3-1-4-8-22)23-9-5-2-6-10-23/h1-16,21,29H,17-20H2,(H,31,36). The largest absolute Gasteiger partial charge is 0.322 e. The molecule has 4 aromatic carbocycles. The SMILES string of the molecule is O=C(Nc1ccc(S(=O)(=O)N2CCN(C(c3ccccc3)c3ccccc3)CC2)cc1)c1ccc([N+](=O)[O-])cc1[N+](=O)[O-]. The van der Waals surface area contributed by atoms with Gasteiger partial charge in [0, 0.05) is 37.9 Å². The number of piperazine rings is 1. The number of nitrogens with zero attached hydrogens (tertiary/aromatic N) is 4. The normalized spacial score (nSPS) is 14.3. The van der Waals surface area contributed by atoms with Gasteiger partial charge in [0.2, 0.25) is 10.0 Å². The summed E-state index contributed by atoms with van der Waals surface area (Å²) >= 11 is 0. The second-order valence-electron chi connectivity index (χ2n) is 9.86. The number of nitro benzene ring substituents is 2. The molecule has 12 nitrogen and oxygen atoms in total. The van der Waals surface area contributed by atoms with Crippen LogP contribution < -0.4 is 5.32 Å². The molecule has 1 aliphatic heterocycles. The first-order chi connectivity index (χ1) is 20.6. The summed E-state index contributed by atoms with van der Waals surface area (Å²) in [6, 6.07) is 28.4. The molecule has 1 saturated heterocycles. The summed E-state index contributed by atoms with van der Waals surface area (Å²) in [6.45, 7) is 1.63. The lowest BCUT2D eigenvalue weighted by atomic mass is 9.96. The van der Waals surface area contributed by atoms with E-state index in [9.17, 15) is 33.4 Å². The highest BCUT2D eigenvalue weighted by molar-refractivity contribution is 7.89. The van der Waals surface area contributed by atoms with E-state index >= 15 is 0 Å². The Morgan fingerprint density at radius 3 is 1.81 bits per heavy atom. The number of sulfonamides is 1. The van der Waals surface area contributed by atoms with Gasteiger partial charge in [0.15, 0.2) is 0 Å². The first-order valence-corrected chi connectivity index (χ1v) is 14.8. The van der Waals surface area contributed by atoms with Crippen LogP contribution in [0.1, 0.15) is 27.5 Å². The van der Waals surface area contributed by atoms with Crippen molar-refractivity contribution in [1.82, 2.24) is 9.21 Å². The number of hydrogen-bond acceptors (Lipinski definition) is 8. The van der Waals surface area contributed by atoms with Gasteiger partial charge in [-0.05, 0) is 41.5 Å². The molecule has 0 atom stereocenters. The topological polar surface area (TPSA) is 156 Å². The molecule has 0 saturated carbocycles. The molecule has 0 aliphatic carbocycles. The zero-order valence-corrected chi connectivity index (χ0v) is 23.6. The number of carbonyl (C=O) groups excluding carboxylic acids is 1. The van der Waals surface area contributed by atoms with E-state index in [0.29, 0.717) is 32.2 Å². The Morgan fingerprint density at radius 2 is 1.30 bits per heavy atom. The van der Waals surface area contributed by atoms with Crippen molar-refractivity contribution in [2.24, 2.45) is 0 Å². The smallest absolute Gasteiger partial charge is 0.289 e. The molecular formula is C30H27N5O7S. The van der Waals surface area contributed by atoms with Crippen LogP contribution >= 0.6 is 0 Å². The second kappa shape index (κ2) is 12.5. The number of nitro groups is 2. The van der Waals surface area contributed by atoms with Crippen molar-refractivity contribution < 1.29 is 23.1 Å². The summed E-state index contributed by atoms with van der Waals surface area (Å²) in [5, 5.41) is 24.8. The van der Waals surface area contributed by atoms with Crippen molar-refractivity contribution in [2.75, 3.05) is 31.5 Å². The molecule has 0 bridgehead atoms. The van der Waals surface area contributed by atoms with Gasteiger partial charge in [-0.1, -0.05) is 60.7 Å². The minimum absolute atomic E-state index is 0.0123. The van der Waals surface area contributed by atoms with Crippen LogP contribution in [0.5, 0.6) is 0 Å². The predicted octanol–water partition coefficient (Wildman–Crippen LogP) is 4.85. The molecule has 1 heterocycles. The molecule has 13 heteroatoms. The molecule has 220 valence electrons. The zero-order valence-electron chi connectivity index (χ0n) is 22.8. The molecule has 43 heavy (non-hydrogen) atoms. The van der Waals surface area contributed by atoms with Gasteiger partial charge in [0.25, 0.3) is 17.3 Å². The van der Waals surface area contributed by atoms with Crippen molar-refractivity contribution in [3.05, 3.63) is 140 Å². The average Bonchev–Trinajstić information content (AvgIpc) is 3.02. The molecule has 0 aromatic heterocycles. The molecule has 0 unspecified atom stereocenters.